The quantitative estimate of drug-likeness (QED) is 0.665. The number of rotatable bonds is 3. The molecule has 3 rings (SSSR count). The summed E-state index contributed by atoms with van der Waals surface area (Å²) in [4.78, 5) is 32.0. The van der Waals surface area contributed by atoms with E-state index >= 15 is 0 Å². The molecule has 7 heteroatoms. The third-order valence-electron chi connectivity index (χ3n) is 5.17. The minimum atomic E-state index is -0.863. The van der Waals surface area contributed by atoms with Crippen LogP contribution in [0.5, 0.6) is 0 Å². The minimum absolute atomic E-state index is 0. The zero-order valence-corrected chi connectivity index (χ0v) is 17.7. The number of halogens is 1. The molecule has 1 saturated heterocycles. The van der Waals surface area contributed by atoms with E-state index in [0.717, 1.165) is 11.1 Å². The number of quaternary nitrogens is 1. The summed E-state index contributed by atoms with van der Waals surface area (Å²) >= 11 is 0. The van der Waals surface area contributed by atoms with Gasteiger partial charge in [0.25, 0.3) is 5.91 Å². The first-order valence-corrected chi connectivity index (χ1v) is 9.08. The first-order chi connectivity index (χ1) is 12.5. The van der Waals surface area contributed by atoms with Crippen molar-refractivity contribution in [3.8, 4) is 0 Å². The Morgan fingerprint density at radius 3 is 2.25 bits per heavy atom. The van der Waals surface area contributed by atoms with E-state index in [1.807, 2.05) is 30.3 Å². The predicted molar refractivity (Wildman–Crippen MR) is 105 cm³/mol. The molecule has 2 heterocycles. The van der Waals surface area contributed by atoms with Crippen molar-refractivity contribution < 1.29 is 26.9 Å². The minimum Gasteiger partial charge on any atom is -1.00 e. The number of nitrogens with two attached hydrogens (primary N) is 1. The number of nitrogens with zero attached hydrogens (tertiary/aromatic N) is 2. The normalized spacial score (nSPS) is 18.9. The Morgan fingerprint density at radius 1 is 1.11 bits per heavy atom. The van der Waals surface area contributed by atoms with Gasteiger partial charge < -0.3 is 18.1 Å². The average molecular weight is 403 g/mol. The van der Waals surface area contributed by atoms with Crippen LogP contribution in [0.2, 0.25) is 0 Å². The van der Waals surface area contributed by atoms with Crippen LogP contribution in [-0.4, -0.2) is 22.5 Å². The number of hydrogen-bond acceptors (Lipinski definition) is 4. The molecule has 1 unspecified atom stereocenters. The topological polar surface area (TPSA) is 80.7 Å². The number of carbonyl (C=O) groups is 2. The van der Waals surface area contributed by atoms with Gasteiger partial charge in [-0.15, -0.1) is 0 Å². The van der Waals surface area contributed by atoms with Crippen LogP contribution in [0.1, 0.15) is 45.7 Å². The molecule has 150 valence electrons. The number of carbonyl (C=O) groups excluding carboxylic acids is 2. The van der Waals surface area contributed by atoms with Crippen molar-refractivity contribution in [3.05, 3.63) is 53.7 Å². The van der Waals surface area contributed by atoms with Gasteiger partial charge >= 0.3 is 6.03 Å². The fraction of sp³-hybridized carbons (Fsp3) is 0.381. The molecular formula is C21H27ClN4O2. The van der Waals surface area contributed by atoms with Gasteiger partial charge in [-0.1, -0.05) is 32.9 Å². The monoisotopic (exact) mass is 402 g/mol. The number of nitrogens with one attached hydrogen (secondary N) is 1. The summed E-state index contributed by atoms with van der Waals surface area (Å²) in [5.74, 6) is 0.199. The summed E-state index contributed by atoms with van der Waals surface area (Å²) in [7, 11) is 0. The second-order valence-corrected chi connectivity index (χ2v) is 8.61. The van der Waals surface area contributed by atoms with Crippen LogP contribution < -0.4 is 27.9 Å². The lowest BCUT2D eigenvalue weighted by Crippen LogP contribution is -3.18. The highest BCUT2D eigenvalue weighted by Crippen LogP contribution is 2.27. The summed E-state index contributed by atoms with van der Waals surface area (Å²) in [5, 5.41) is 0. The summed E-state index contributed by atoms with van der Waals surface area (Å²) < 4.78 is 0. The second-order valence-electron chi connectivity index (χ2n) is 8.61. The van der Waals surface area contributed by atoms with Gasteiger partial charge in [0.1, 0.15) is 12.4 Å². The van der Waals surface area contributed by atoms with Gasteiger partial charge in [0.05, 0.1) is 5.69 Å². The number of hydrogen-bond donors (Lipinski definition) is 2. The number of anilines is 2. The predicted octanol–water partition coefficient (Wildman–Crippen LogP) is -0.704. The maximum Gasteiger partial charge on any atom is 0.430 e. The summed E-state index contributed by atoms with van der Waals surface area (Å²) in [5.41, 5.74) is 7.53. The lowest BCUT2D eigenvalue weighted by Gasteiger charge is -2.21. The van der Waals surface area contributed by atoms with Crippen molar-refractivity contribution in [3.63, 3.8) is 0 Å². The molecule has 1 aromatic carbocycles. The molecule has 0 spiro atoms. The van der Waals surface area contributed by atoms with Crippen molar-refractivity contribution >= 4 is 23.4 Å². The summed E-state index contributed by atoms with van der Waals surface area (Å²) in [6.45, 7) is 10.4. The van der Waals surface area contributed by atoms with Gasteiger partial charge in [0.2, 0.25) is 0 Å². The number of nitrogen functional groups attached to an aromatic ring is 1. The number of pyridine rings is 1. The first-order valence-electron chi connectivity index (χ1n) is 9.08. The molecule has 1 atom stereocenters. The fourth-order valence-corrected chi connectivity index (χ4v) is 3.35. The number of amides is 3. The smallest absolute Gasteiger partial charge is 0.430 e. The molecule has 1 fully saturated rings. The van der Waals surface area contributed by atoms with Crippen LogP contribution in [0.15, 0.2) is 42.6 Å². The van der Waals surface area contributed by atoms with Gasteiger partial charge in [-0.2, -0.15) is 4.90 Å². The van der Waals surface area contributed by atoms with Crippen LogP contribution >= 0.6 is 0 Å². The van der Waals surface area contributed by atoms with Crippen LogP contribution in [0, 0.1) is 0 Å². The Hall–Kier alpha value is -2.44. The Labute approximate surface area is 172 Å². The van der Waals surface area contributed by atoms with Crippen molar-refractivity contribution in [2.24, 2.45) is 0 Å². The highest BCUT2D eigenvalue weighted by atomic mass is 35.5. The van der Waals surface area contributed by atoms with E-state index in [2.05, 4.69) is 25.8 Å². The molecule has 3 N–H and O–H groups in total. The Bertz CT molecular complexity index is 888. The number of imide groups is 1. The maximum absolute atomic E-state index is 13.1. The number of aromatic nitrogens is 1. The maximum atomic E-state index is 13.1. The van der Waals surface area contributed by atoms with E-state index < -0.39 is 5.54 Å². The number of benzene rings is 1. The van der Waals surface area contributed by atoms with E-state index in [1.54, 1.807) is 26.1 Å². The zero-order valence-electron chi connectivity index (χ0n) is 16.9. The highest BCUT2D eigenvalue weighted by molar-refractivity contribution is 6.18. The van der Waals surface area contributed by atoms with E-state index in [0.29, 0.717) is 22.9 Å². The van der Waals surface area contributed by atoms with Crippen molar-refractivity contribution in [1.82, 2.24) is 4.98 Å². The van der Waals surface area contributed by atoms with Gasteiger partial charge in [-0.25, -0.2) is 14.7 Å². The highest BCUT2D eigenvalue weighted by Gasteiger charge is 2.57. The molecule has 1 aromatic heterocycles. The SMILES string of the molecule is CC(C)(C)c1ccc(N2C(=O)[NH+](Cc3ccnc(N)c3)C(C)(C)C2=O)cc1.[Cl-]. The molecule has 2 aromatic rings. The van der Waals surface area contributed by atoms with E-state index in [-0.39, 0.29) is 29.8 Å². The molecule has 0 saturated carbocycles. The Kier molecular flexibility index (Phi) is 5.87. The molecule has 6 nitrogen and oxygen atoms in total. The molecule has 0 radical (unpaired) electrons. The largest absolute Gasteiger partial charge is 1.00 e. The molecule has 3 amide bonds. The van der Waals surface area contributed by atoms with Crippen LogP contribution in [0.4, 0.5) is 16.3 Å². The molecule has 28 heavy (non-hydrogen) atoms. The summed E-state index contributed by atoms with van der Waals surface area (Å²) in [6.07, 6.45) is 1.61. The fourth-order valence-electron chi connectivity index (χ4n) is 3.35. The van der Waals surface area contributed by atoms with Gasteiger partial charge in [0.15, 0.2) is 5.54 Å². The standard InChI is InChI=1S/C21H26N4O2.ClH/c1-20(2,3)15-6-8-16(9-7-15)25-18(26)21(4,5)24(19(25)27)13-14-10-11-23-17(22)12-14;/h6-12H,13H2,1-5H3,(H2,22,23);1H. The zero-order chi connectivity index (χ0) is 20.0. The van der Waals surface area contributed by atoms with Crippen molar-refractivity contribution in [2.75, 3.05) is 10.6 Å². The van der Waals surface area contributed by atoms with Crippen LogP contribution in [0.25, 0.3) is 0 Å². The second kappa shape index (κ2) is 7.53. The van der Waals surface area contributed by atoms with Gasteiger partial charge in [-0.05, 0) is 35.2 Å². The molecule has 1 aliphatic rings. The lowest BCUT2D eigenvalue weighted by molar-refractivity contribution is -0.864. The first kappa shape index (κ1) is 21.9. The van der Waals surface area contributed by atoms with E-state index in [4.69, 9.17) is 5.73 Å². The third-order valence-corrected chi connectivity index (χ3v) is 5.17. The van der Waals surface area contributed by atoms with Crippen LogP contribution in [-0.2, 0) is 16.8 Å². The van der Waals surface area contributed by atoms with E-state index in [9.17, 15) is 9.59 Å². The summed E-state index contributed by atoms with van der Waals surface area (Å²) in [6, 6.07) is 11.0. The van der Waals surface area contributed by atoms with Gasteiger partial charge in [0, 0.05) is 25.6 Å². The van der Waals surface area contributed by atoms with Crippen molar-refractivity contribution in [1.29, 1.82) is 0 Å². The average Bonchev–Trinajstić information content (AvgIpc) is 2.74. The molecule has 1 aliphatic heterocycles. The molecular weight excluding hydrogens is 376 g/mol. The lowest BCUT2D eigenvalue weighted by atomic mass is 9.87. The molecule has 0 bridgehead atoms. The van der Waals surface area contributed by atoms with Crippen LogP contribution in [0.3, 0.4) is 0 Å². The van der Waals surface area contributed by atoms with Crippen molar-refractivity contribution in [2.45, 2.75) is 52.1 Å². The van der Waals surface area contributed by atoms with E-state index in [1.165, 1.54) is 4.90 Å². The Morgan fingerprint density at radius 2 is 1.71 bits per heavy atom. The van der Waals surface area contributed by atoms with Gasteiger partial charge in [-0.3, -0.25) is 4.79 Å². The third kappa shape index (κ3) is 3.88. The Balaban J connectivity index is 0.00000280. The molecule has 0 aliphatic carbocycles. The number of urea groups is 1.